The Kier molecular flexibility index (Phi) is 4.29. The van der Waals surface area contributed by atoms with Crippen molar-refractivity contribution in [1.82, 2.24) is 4.98 Å². The monoisotopic (exact) mass is 319 g/mol. The van der Waals surface area contributed by atoms with E-state index in [2.05, 4.69) is 20.9 Å². The smallest absolute Gasteiger partial charge is 0.276 e. The van der Waals surface area contributed by atoms with Gasteiger partial charge >= 0.3 is 0 Å². The van der Waals surface area contributed by atoms with Gasteiger partial charge in [0.1, 0.15) is 5.69 Å². The molecule has 2 N–H and O–H groups in total. The maximum atomic E-state index is 12.3. The quantitative estimate of drug-likeness (QED) is 0.945. The molecule has 98 valence electrons. The van der Waals surface area contributed by atoms with Crippen molar-refractivity contribution < 1.29 is 4.79 Å². The minimum atomic E-state index is -0.147. The SMILES string of the molecule is CN(C(=O)c1ccc(CN)cn1)c1ccc(Br)cc1. The summed E-state index contributed by atoms with van der Waals surface area (Å²) in [6.07, 6.45) is 1.63. The zero-order chi connectivity index (χ0) is 13.8. The summed E-state index contributed by atoms with van der Waals surface area (Å²) in [5, 5.41) is 0. The highest BCUT2D eigenvalue weighted by Crippen LogP contribution is 2.18. The second-order valence-electron chi connectivity index (χ2n) is 4.10. The number of carbonyl (C=O) groups is 1. The fraction of sp³-hybridized carbons (Fsp3) is 0.143. The molecule has 0 radical (unpaired) electrons. The van der Waals surface area contributed by atoms with Crippen molar-refractivity contribution in [2.45, 2.75) is 6.54 Å². The van der Waals surface area contributed by atoms with E-state index in [-0.39, 0.29) is 5.91 Å². The molecule has 1 heterocycles. The molecule has 0 unspecified atom stereocenters. The van der Waals surface area contributed by atoms with E-state index in [9.17, 15) is 4.79 Å². The number of halogens is 1. The summed E-state index contributed by atoms with van der Waals surface area (Å²) < 4.78 is 0.975. The minimum Gasteiger partial charge on any atom is -0.326 e. The molecule has 2 aromatic rings. The van der Waals surface area contributed by atoms with Crippen molar-refractivity contribution in [3.05, 3.63) is 58.3 Å². The highest BCUT2D eigenvalue weighted by molar-refractivity contribution is 9.10. The minimum absolute atomic E-state index is 0.147. The highest BCUT2D eigenvalue weighted by Gasteiger charge is 2.14. The molecule has 0 aliphatic heterocycles. The molecule has 0 bridgehead atoms. The second-order valence-corrected chi connectivity index (χ2v) is 5.01. The molecule has 0 atom stereocenters. The lowest BCUT2D eigenvalue weighted by molar-refractivity contribution is 0.0988. The standard InChI is InChI=1S/C14H14BrN3O/c1-18(12-5-3-11(15)4-6-12)14(19)13-7-2-10(8-16)9-17-13/h2-7,9H,8,16H2,1H3. The fourth-order valence-corrected chi connectivity index (χ4v) is 1.89. The first-order valence-electron chi connectivity index (χ1n) is 5.80. The number of anilines is 1. The highest BCUT2D eigenvalue weighted by atomic mass is 79.9. The Morgan fingerprint density at radius 2 is 1.95 bits per heavy atom. The zero-order valence-corrected chi connectivity index (χ0v) is 12.1. The van der Waals surface area contributed by atoms with E-state index in [4.69, 9.17) is 5.73 Å². The summed E-state index contributed by atoms with van der Waals surface area (Å²) >= 11 is 3.36. The third kappa shape index (κ3) is 3.19. The van der Waals surface area contributed by atoms with Gasteiger partial charge in [0.15, 0.2) is 0 Å². The Bertz CT molecular complexity index is 566. The van der Waals surface area contributed by atoms with Crippen LogP contribution in [0.1, 0.15) is 16.1 Å². The van der Waals surface area contributed by atoms with Crippen LogP contribution in [0.5, 0.6) is 0 Å². The van der Waals surface area contributed by atoms with Gasteiger partial charge in [0.2, 0.25) is 0 Å². The van der Waals surface area contributed by atoms with Crippen LogP contribution in [-0.4, -0.2) is 17.9 Å². The van der Waals surface area contributed by atoms with Crippen LogP contribution >= 0.6 is 15.9 Å². The predicted octanol–water partition coefficient (Wildman–Crippen LogP) is 2.58. The number of hydrogen-bond acceptors (Lipinski definition) is 3. The van der Waals surface area contributed by atoms with Gasteiger partial charge in [-0.1, -0.05) is 22.0 Å². The lowest BCUT2D eigenvalue weighted by Crippen LogP contribution is -2.27. The van der Waals surface area contributed by atoms with Crippen molar-refractivity contribution >= 4 is 27.5 Å². The molecule has 19 heavy (non-hydrogen) atoms. The Morgan fingerprint density at radius 1 is 1.26 bits per heavy atom. The molecular formula is C14H14BrN3O. The van der Waals surface area contributed by atoms with Gasteiger partial charge in [-0.25, -0.2) is 0 Å². The lowest BCUT2D eigenvalue weighted by Gasteiger charge is -2.17. The molecule has 4 nitrogen and oxygen atoms in total. The first kappa shape index (κ1) is 13.7. The van der Waals surface area contributed by atoms with E-state index < -0.39 is 0 Å². The maximum Gasteiger partial charge on any atom is 0.276 e. The van der Waals surface area contributed by atoms with Crippen LogP contribution in [0.2, 0.25) is 0 Å². The number of hydrogen-bond donors (Lipinski definition) is 1. The van der Waals surface area contributed by atoms with Gasteiger partial charge in [-0.3, -0.25) is 9.78 Å². The summed E-state index contributed by atoms with van der Waals surface area (Å²) in [7, 11) is 1.73. The molecule has 1 aromatic carbocycles. The van der Waals surface area contributed by atoms with Crippen LogP contribution in [0, 0.1) is 0 Å². The van der Waals surface area contributed by atoms with Gasteiger partial charge in [-0.05, 0) is 35.9 Å². The van der Waals surface area contributed by atoms with E-state index in [1.54, 1.807) is 24.2 Å². The number of carbonyl (C=O) groups excluding carboxylic acids is 1. The van der Waals surface area contributed by atoms with Crippen LogP contribution in [0.15, 0.2) is 47.1 Å². The molecule has 0 saturated carbocycles. The zero-order valence-electron chi connectivity index (χ0n) is 10.5. The number of amides is 1. The summed E-state index contributed by atoms with van der Waals surface area (Å²) in [5.41, 5.74) is 7.63. The van der Waals surface area contributed by atoms with E-state index in [0.717, 1.165) is 15.7 Å². The van der Waals surface area contributed by atoms with Crippen molar-refractivity contribution in [2.75, 3.05) is 11.9 Å². The van der Waals surface area contributed by atoms with Crippen molar-refractivity contribution in [2.24, 2.45) is 5.73 Å². The molecule has 0 saturated heterocycles. The lowest BCUT2D eigenvalue weighted by atomic mass is 10.2. The van der Waals surface area contributed by atoms with E-state index in [0.29, 0.717) is 12.2 Å². The molecular weight excluding hydrogens is 306 g/mol. The average Bonchev–Trinajstić information content (AvgIpc) is 2.46. The number of rotatable bonds is 3. The largest absolute Gasteiger partial charge is 0.326 e. The third-order valence-electron chi connectivity index (χ3n) is 2.80. The Morgan fingerprint density at radius 3 is 2.47 bits per heavy atom. The van der Waals surface area contributed by atoms with Gasteiger partial charge < -0.3 is 10.6 Å². The Labute approximate surface area is 120 Å². The Hall–Kier alpha value is -1.72. The van der Waals surface area contributed by atoms with Crippen LogP contribution < -0.4 is 10.6 Å². The number of nitrogens with zero attached hydrogens (tertiary/aromatic N) is 2. The Balaban J connectivity index is 2.20. The van der Waals surface area contributed by atoms with Crippen LogP contribution in [0.3, 0.4) is 0 Å². The predicted molar refractivity (Wildman–Crippen MR) is 79.0 cm³/mol. The number of benzene rings is 1. The molecule has 2 rings (SSSR count). The van der Waals surface area contributed by atoms with Crippen molar-refractivity contribution in [3.63, 3.8) is 0 Å². The third-order valence-corrected chi connectivity index (χ3v) is 3.33. The topological polar surface area (TPSA) is 59.2 Å². The number of nitrogens with two attached hydrogens (primary N) is 1. The average molecular weight is 320 g/mol. The molecule has 0 aliphatic rings. The summed E-state index contributed by atoms with van der Waals surface area (Å²) in [5.74, 6) is -0.147. The number of pyridine rings is 1. The molecule has 1 aromatic heterocycles. The maximum absolute atomic E-state index is 12.3. The van der Waals surface area contributed by atoms with Gasteiger partial charge in [-0.2, -0.15) is 0 Å². The molecule has 5 heteroatoms. The molecule has 0 fully saturated rings. The first-order valence-corrected chi connectivity index (χ1v) is 6.59. The normalized spacial score (nSPS) is 10.3. The fourth-order valence-electron chi connectivity index (χ4n) is 1.63. The van der Waals surface area contributed by atoms with Gasteiger partial charge in [-0.15, -0.1) is 0 Å². The van der Waals surface area contributed by atoms with Gasteiger partial charge in [0.05, 0.1) is 0 Å². The summed E-state index contributed by atoms with van der Waals surface area (Å²) in [6, 6.07) is 11.0. The van der Waals surface area contributed by atoms with Gasteiger partial charge in [0.25, 0.3) is 5.91 Å². The second kappa shape index (κ2) is 5.95. The van der Waals surface area contributed by atoms with Crippen molar-refractivity contribution in [3.8, 4) is 0 Å². The van der Waals surface area contributed by atoms with Crippen LogP contribution in [0.4, 0.5) is 5.69 Å². The number of aromatic nitrogens is 1. The summed E-state index contributed by atoms with van der Waals surface area (Å²) in [4.78, 5) is 17.9. The van der Waals surface area contributed by atoms with E-state index in [1.165, 1.54) is 0 Å². The van der Waals surface area contributed by atoms with E-state index in [1.807, 2.05) is 30.3 Å². The van der Waals surface area contributed by atoms with Crippen LogP contribution in [0.25, 0.3) is 0 Å². The first-order chi connectivity index (χ1) is 9.11. The van der Waals surface area contributed by atoms with Crippen molar-refractivity contribution in [1.29, 1.82) is 0 Å². The molecule has 0 aliphatic carbocycles. The molecule has 1 amide bonds. The molecule has 0 spiro atoms. The van der Waals surface area contributed by atoms with Crippen LogP contribution in [-0.2, 0) is 6.54 Å². The summed E-state index contributed by atoms with van der Waals surface area (Å²) in [6.45, 7) is 0.421. The van der Waals surface area contributed by atoms with Gasteiger partial charge in [0, 0.05) is 29.9 Å². The van der Waals surface area contributed by atoms with E-state index >= 15 is 0 Å².